The predicted molar refractivity (Wildman–Crippen MR) is 90.1 cm³/mol. The Hall–Kier alpha value is -0.740. The second-order valence-electron chi connectivity index (χ2n) is 5.68. The lowest BCUT2D eigenvalue weighted by atomic mass is 10.00. The fourth-order valence-corrected chi connectivity index (χ4v) is 3.22. The summed E-state index contributed by atoms with van der Waals surface area (Å²) in [4.78, 5) is 0. The number of ether oxygens (including phenoxy) is 2. The van der Waals surface area contributed by atoms with Gasteiger partial charge in [0.1, 0.15) is 0 Å². The second kappa shape index (κ2) is 8.64. The van der Waals surface area contributed by atoms with Crippen molar-refractivity contribution in [3.63, 3.8) is 0 Å². The SMILES string of the molecule is CCCCCCCC(N)c1cc2c(cc1Br)OCCCO2. The first-order chi connectivity index (χ1) is 10.2. The Morgan fingerprint density at radius 2 is 1.76 bits per heavy atom. The van der Waals surface area contributed by atoms with E-state index in [0.29, 0.717) is 13.2 Å². The minimum Gasteiger partial charge on any atom is -0.490 e. The van der Waals surface area contributed by atoms with Gasteiger partial charge in [0.05, 0.1) is 13.2 Å². The molecule has 1 aliphatic heterocycles. The van der Waals surface area contributed by atoms with Crippen LogP contribution in [-0.4, -0.2) is 13.2 Å². The molecule has 0 saturated carbocycles. The Bertz CT molecular complexity index is 451. The van der Waals surface area contributed by atoms with Crippen LogP contribution in [0.25, 0.3) is 0 Å². The maximum Gasteiger partial charge on any atom is 0.162 e. The van der Waals surface area contributed by atoms with Crippen LogP contribution >= 0.6 is 15.9 Å². The van der Waals surface area contributed by atoms with E-state index in [0.717, 1.165) is 34.4 Å². The van der Waals surface area contributed by atoms with E-state index in [1.165, 1.54) is 32.1 Å². The van der Waals surface area contributed by atoms with E-state index in [1.54, 1.807) is 0 Å². The third-order valence-electron chi connectivity index (χ3n) is 3.88. The summed E-state index contributed by atoms with van der Waals surface area (Å²) in [6.07, 6.45) is 8.30. The number of hydrogen-bond donors (Lipinski definition) is 1. The molecule has 0 amide bonds. The third-order valence-corrected chi connectivity index (χ3v) is 4.57. The van der Waals surface area contributed by atoms with Crippen LogP contribution in [0.15, 0.2) is 16.6 Å². The largest absolute Gasteiger partial charge is 0.490 e. The molecule has 0 aromatic heterocycles. The van der Waals surface area contributed by atoms with Crippen molar-refractivity contribution in [2.45, 2.75) is 57.9 Å². The minimum absolute atomic E-state index is 0.0538. The van der Waals surface area contributed by atoms with E-state index in [-0.39, 0.29) is 6.04 Å². The normalized spacial score (nSPS) is 15.6. The predicted octanol–water partition coefficient (Wildman–Crippen LogP) is 4.97. The highest BCUT2D eigenvalue weighted by Crippen LogP contribution is 2.38. The van der Waals surface area contributed by atoms with Gasteiger partial charge in [0.25, 0.3) is 0 Å². The van der Waals surface area contributed by atoms with Crippen molar-refractivity contribution in [2.75, 3.05) is 13.2 Å². The van der Waals surface area contributed by atoms with Crippen LogP contribution in [0.4, 0.5) is 0 Å². The van der Waals surface area contributed by atoms with Gasteiger partial charge in [-0.2, -0.15) is 0 Å². The first-order valence-corrected chi connectivity index (χ1v) is 8.86. The van der Waals surface area contributed by atoms with Gasteiger partial charge >= 0.3 is 0 Å². The molecule has 0 spiro atoms. The van der Waals surface area contributed by atoms with Gasteiger partial charge in [-0.3, -0.25) is 0 Å². The van der Waals surface area contributed by atoms with Gasteiger partial charge in [-0.25, -0.2) is 0 Å². The lowest BCUT2D eigenvalue weighted by Crippen LogP contribution is -2.11. The topological polar surface area (TPSA) is 44.5 Å². The molecule has 2 rings (SSSR count). The second-order valence-corrected chi connectivity index (χ2v) is 6.53. The molecule has 0 bridgehead atoms. The zero-order valence-corrected chi connectivity index (χ0v) is 14.5. The summed E-state index contributed by atoms with van der Waals surface area (Å²) < 4.78 is 12.5. The molecule has 0 aliphatic carbocycles. The molecular weight excluding hydrogens is 330 g/mol. The molecule has 1 heterocycles. The standard InChI is InChI=1S/C17H26BrNO2/c1-2-3-4-5-6-8-15(19)13-11-16-17(12-14(13)18)21-10-7-9-20-16/h11-12,15H,2-10,19H2,1H3. The van der Waals surface area contributed by atoms with Crippen LogP contribution in [0.5, 0.6) is 11.5 Å². The molecule has 0 saturated heterocycles. The molecular formula is C17H26BrNO2. The van der Waals surface area contributed by atoms with Crippen molar-refractivity contribution < 1.29 is 9.47 Å². The van der Waals surface area contributed by atoms with Crippen molar-refractivity contribution in [1.82, 2.24) is 0 Å². The summed E-state index contributed by atoms with van der Waals surface area (Å²) >= 11 is 3.62. The molecule has 21 heavy (non-hydrogen) atoms. The van der Waals surface area contributed by atoms with E-state index in [2.05, 4.69) is 22.9 Å². The number of nitrogens with two attached hydrogens (primary N) is 1. The lowest BCUT2D eigenvalue weighted by Gasteiger charge is -2.17. The first-order valence-electron chi connectivity index (χ1n) is 8.07. The van der Waals surface area contributed by atoms with Gasteiger partial charge in [-0.1, -0.05) is 55.0 Å². The number of halogens is 1. The highest BCUT2D eigenvalue weighted by molar-refractivity contribution is 9.10. The van der Waals surface area contributed by atoms with Crippen molar-refractivity contribution >= 4 is 15.9 Å². The Morgan fingerprint density at radius 1 is 1.10 bits per heavy atom. The molecule has 1 unspecified atom stereocenters. The van der Waals surface area contributed by atoms with Crippen molar-refractivity contribution in [2.24, 2.45) is 5.73 Å². The number of rotatable bonds is 7. The van der Waals surface area contributed by atoms with Crippen molar-refractivity contribution in [3.05, 3.63) is 22.2 Å². The zero-order valence-electron chi connectivity index (χ0n) is 12.9. The summed E-state index contributed by atoms with van der Waals surface area (Å²) in [7, 11) is 0. The van der Waals surface area contributed by atoms with Crippen LogP contribution in [-0.2, 0) is 0 Å². The summed E-state index contributed by atoms with van der Waals surface area (Å²) in [6, 6.07) is 4.09. The highest BCUT2D eigenvalue weighted by Gasteiger charge is 2.17. The van der Waals surface area contributed by atoms with E-state index in [1.807, 2.05) is 12.1 Å². The number of benzene rings is 1. The van der Waals surface area contributed by atoms with Gasteiger partial charge in [-0.15, -0.1) is 0 Å². The first kappa shape index (κ1) is 16.6. The third kappa shape index (κ3) is 4.89. The van der Waals surface area contributed by atoms with Gasteiger partial charge in [-0.05, 0) is 24.1 Å². The molecule has 4 heteroatoms. The molecule has 1 atom stereocenters. The lowest BCUT2D eigenvalue weighted by molar-refractivity contribution is 0.297. The van der Waals surface area contributed by atoms with Crippen LogP contribution in [0.3, 0.4) is 0 Å². The number of hydrogen-bond acceptors (Lipinski definition) is 3. The smallest absolute Gasteiger partial charge is 0.162 e. The Morgan fingerprint density at radius 3 is 2.48 bits per heavy atom. The fourth-order valence-electron chi connectivity index (χ4n) is 2.61. The molecule has 1 aliphatic rings. The Labute approximate surface area is 136 Å². The summed E-state index contributed by atoms with van der Waals surface area (Å²) in [5, 5.41) is 0. The summed E-state index contributed by atoms with van der Waals surface area (Å²) in [6.45, 7) is 3.66. The van der Waals surface area contributed by atoms with Crippen LogP contribution < -0.4 is 15.2 Å². The minimum atomic E-state index is 0.0538. The Balaban J connectivity index is 1.96. The van der Waals surface area contributed by atoms with Crippen LogP contribution in [0.1, 0.15) is 63.5 Å². The van der Waals surface area contributed by atoms with Gasteiger partial charge < -0.3 is 15.2 Å². The number of unbranched alkanes of at least 4 members (excludes halogenated alkanes) is 4. The van der Waals surface area contributed by atoms with E-state index in [9.17, 15) is 0 Å². The summed E-state index contributed by atoms with van der Waals surface area (Å²) in [5.74, 6) is 1.64. The fraction of sp³-hybridized carbons (Fsp3) is 0.647. The van der Waals surface area contributed by atoms with Gasteiger partial charge in [0.15, 0.2) is 11.5 Å². The monoisotopic (exact) mass is 355 g/mol. The maximum absolute atomic E-state index is 6.36. The molecule has 0 fully saturated rings. The zero-order chi connectivity index (χ0) is 15.1. The average Bonchev–Trinajstić information content (AvgIpc) is 2.70. The van der Waals surface area contributed by atoms with Crippen LogP contribution in [0, 0.1) is 0 Å². The maximum atomic E-state index is 6.36. The average molecular weight is 356 g/mol. The van der Waals surface area contributed by atoms with E-state index < -0.39 is 0 Å². The molecule has 0 radical (unpaired) electrons. The summed E-state index contributed by atoms with van der Waals surface area (Å²) in [5.41, 5.74) is 7.48. The highest BCUT2D eigenvalue weighted by atomic mass is 79.9. The van der Waals surface area contributed by atoms with Gasteiger partial charge in [0.2, 0.25) is 0 Å². The van der Waals surface area contributed by atoms with Crippen molar-refractivity contribution in [3.8, 4) is 11.5 Å². The molecule has 2 N–H and O–H groups in total. The van der Waals surface area contributed by atoms with Crippen LogP contribution in [0.2, 0.25) is 0 Å². The molecule has 3 nitrogen and oxygen atoms in total. The molecule has 1 aromatic rings. The van der Waals surface area contributed by atoms with Crippen molar-refractivity contribution in [1.29, 1.82) is 0 Å². The molecule has 118 valence electrons. The van der Waals surface area contributed by atoms with E-state index in [4.69, 9.17) is 15.2 Å². The molecule has 1 aromatic carbocycles. The quantitative estimate of drug-likeness (QED) is 0.702. The Kier molecular flexibility index (Phi) is 6.84. The number of fused-ring (bicyclic) bond motifs is 1. The van der Waals surface area contributed by atoms with Gasteiger partial charge in [0, 0.05) is 16.9 Å². The van der Waals surface area contributed by atoms with E-state index >= 15 is 0 Å².